The molecule has 0 atom stereocenters. The van der Waals surface area contributed by atoms with Crippen LogP contribution in [0.4, 0.5) is 11.4 Å². The number of fused-ring (bicyclic) bond motifs is 2. The van der Waals surface area contributed by atoms with Crippen LogP contribution < -0.4 is 10.2 Å². The summed E-state index contributed by atoms with van der Waals surface area (Å²) >= 11 is 0. The fraction of sp³-hybridized carbons (Fsp3) is 0.182. The van der Waals surface area contributed by atoms with Crippen molar-refractivity contribution in [3.05, 3.63) is 113 Å². The van der Waals surface area contributed by atoms with E-state index in [4.69, 9.17) is 0 Å². The lowest BCUT2D eigenvalue weighted by Gasteiger charge is -2.34. The number of anilines is 2. The SMILES string of the molecule is CN1CCN(c2ccc(NC=C3CN=Cc4ccc(C=Cc5ccc6ccccc6c5)cc43)cc2)CC1. The van der Waals surface area contributed by atoms with Crippen LogP contribution in [0.1, 0.15) is 22.3 Å². The molecule has 2 aliphatic heterocycles. The quantitative estimate of drug-likeness (QED) is 0.322. The third-order valence-corrected chi connectivity index (χ3v) is 7.31. The van der Waals surface area contributed by atoms with E-state index in [1.165, 1.54) is 38.7 Å². The van der Waals surface area contributed by atoms with Crippen molar-refractivity contribution < 1.29 is 0 Å². The molecule has 1 fully saturated rings. The van der Waals surface area contributed by atoms with Gasteiger partial charge in [-0.2, -0.15) is 0 Å². The molecule has 0 amide bonds. The Labute approximate surface area is 219 Å². The zero-order valence-electron chi connectivity index (χ0n) is 21.3. The first-order valence-electron chi connectivity index (χ1n) is 13.0. The lowest BCUT2D eigenvalue weighted by molar-refractivity contribution is 0.313. The molecule has 0 aliphatic carbocycles. The summed E-state index contributed by atoms with van der Waals surface area (Å²) in [6, 6.07) is 30.4. The molecule has 0 spiro atoms. The van der Waals surface area contributed by atoms with Gasteiger partial charge in [-0.05, 0) is 82.0 Å². The highest BCUT2D eigenvalue weighted by Crippen LogP contribution is 2.26. The summed E-state index contributed by atoms with van der Waals surface area (Å²) < 4.78 is 0. The molecule has 0 radical (unpaired) electrons. The summed E-state index contributed by atoms with van der Waals surface area (Å²) in [5.41, 5.74) is 8.36. The van der Waals surface area contributed by atoms with Gasteiger partial charge in [0.25, 0.3) is 0 Å². The maximum atomic E-state index is 4.58. The van der Waals surface area contributed by atoms with Crippen LogP contribution in [0.5, 0.6) is 0 Å². The zero-order valence-corrected chi connectivity index (χ0v) is 21.3. The number of hydrogen-bond donors (Lipinski definition) is 1. The van der Waals surface area contributed by atoms with E-state index in [-0.39, 0.29) is 0 Å². The van der Waals surface area contributed by atoms with E-state index in [2.05, 4.69) is 130 Å². The second-order valence-corrected chi connectivity index (χ2v) is 9.91. The van der Waals surface area contributed by atoms with Crippen molar-refractivity contribution in [1.82, 2.24) is 4.90 Å². The molecule has 184 valence electrons. The van der Waals surface area contributed by atoms with Crippen LogP contribution >= 0.6 is 0 Å². The van der Waals surface area contributed by atoms with Gasteiger partial charge in [0.05, 0.1) is 6.54 Å². The van der Waals surface area contributed by atoms with Crippen LogP contribution in [0.25, 0.3) is 28.5 Å². The summed E-state index contributed by atoms with van der Waals surface area (Å²) in [4.78, 5) is 9.43. The van der Waals surface area contributed by atoms with Crippen molar-refractivity contribution in [2.75, 3.05) is 50.0 Å². The fourth-order valence-electron chi connectivity index (χ4n) is 5.03. The summed E-state index contributed by atoms with van der Waals surface area (Å²) in [7, 11) is 2.19. The van der Waals surface area contributed by atoms with Crippen molar-refractivity contribution in [3.63, 3.8) is 0 Å². The normalized spacial score (nSPS) is 17.0. The number of nitrogens with one attached hydrogen (secondary N) is 1. The molecule has 0 unspecified atom stereocenters. The number of piperazine rings is 1. The van der Waals surface area contributed by atoms with Gasteiger partial charge < -0.3 is 15.1 Å². The van der Waals surface area contributed by atoms with Crippen molar-refractivity contribution in [1.29, 1.82) is 0 Å². The highest BCUT2D eigenvalue weighted by molar-refractivity contribution is 5.94. The highest BCUT2D eigenvalue weighted by Gasteiger charge is 2.14. The summed E-state index contributed by atoms with van der Waals surface area (Å²) in [6.45, 7) is 5.08. The smallest absolute Gasteiger partial charge is 0.0660 e. The summed E-state index contributed by atoms with van der Waals surface area (Å²) in [5.74, 6) is 0. The van der Waals surface area contributed by atoms with Crippen LogP contribution in [0, 0.1) is 0 Å². The van der Waals surface area contributed by atoms with E-state index in [1.807, 2.05) is 6.21 Å². The molecule has 0 saturated carbocycles. The second-order valence-electron chi connectivity index (χ2n) is 9.91. The minimum absolute atomic E-state index is 0.678. The lowest BCUT2D eigenvalue weighted by atomic mass is 9.95. The molecule has 1 saturated heterocycles. The van der Waals surface area contributed by atoms with Crippen molar-refractivity contribution in [3.8, 4) is 0 Å². The number of benzene rings is 4. The van der Waals surface area contributed by atoms with Gasteiger partial charge in [0.1, 0.15) is 0 Å². The third kappa shape index (κ3) is 5.35. The number of aliphatic imine (C=N–C) groups is 1. The first kappa shape index (κ1) is 23.3. The monoisotopic (exact) mass is 484 g/mol. The van der Waals surface area contributed by atoms with E-state index >= 15 is 0 Å². The predicted octanol–water partition coefficient (Wildman–Crippen LogP) is 6.65. The number of hydrogen-bond acceptors (Lipinski definition) is 4. The standard InChI is InChI=1S/C33H32N4/c1-36-16-18-37(19-17-36)32-14-12-31(13-15-32)35-24-30-23-34-22-29-11-9-26(21-33(29)30)7-6-25-8-10-27-4-2-3-5-28(27)20-25/h2-15,20-22,24,35H,16-19,23H2,1H3. The van der Waals surface area contributed by atoms with Crippen LogP contribution in [0.3, 0.4) is 0 Å². The van der Waals surface area contributed by atoms with Gasteiger partial charge in [0, 0.05) is 50.0 Å². The maximum Gasteiger partial charge on any atom is 0.0660 e. The van der Waals surface area contributed by atoms with Crippen molar-refractivity contribution >= 4 is 46.1 Å². The summed E-state index contributed by atoms with van der Waals surface area (Å²) in [6.07, 6.45) is 8.47. The van der Waals surface area contributed by atoms with E-state index in [0.717, 1.165) is 37.4 Å². The molecule has 0 bridgehead atoms. The van der Waals surface area contributed by atoms with E-state index < -0.39 is 0 Å². The molecule has 4 aromatic carbocycles. The number of rotatable bonds is 5. The minimum Gasteiger partial charge on any atom is -0.369 e. The Kier molecular flexibility index (Phi) is 6.57. The van der Waals surface area contributed by atoms with Gasteiger partial charge >= 0.3 is 0 Å². The topological polar surface area (TPSA) is 30.9 Å². The van der Waals surface area contributed by atoms with Gasteiger partial charge in [-0.3, -0.25) is 4.99 Å². The van der Waals surface area contributed by atoms with Gasteiger partial charge in [0.15, 0.2) is 0 Å². The van der Waals surface area contributed by atoms with Crippen LogP contribution in [-0.4, -0.2) is 50.9 Å². The first-order chi connectivity index (χ1) is 18.2. The number of likely N-dealkylation sites (N-methyl/N-ethyl adjacent to an activating group) is 1. The van der Waals surface area contributed by atoms with Gasteiger partial charge in [-0.25, -0.2) is 0 Å². The molecule has 6 rings (SSSR count). The van der Waals surface area contributed by atoms with Crippen LogP contribution in [-0.2, 0) is 0 Å². The molecule has 37 heavy (non-hydrogen) atoms. The van der Waals surface area contributed by atoms with Crippen molar-refractivity contribution in [2.24, 2.45) is 4.99 Å². The largest absolute Gasteiger partial charge is 0.369 e. The maximum absolute atomic E-state index is 4.58. The fourth-order valence-corrected chi connectivity index (χ4v) is 5.03. The molecule has 2 aliphatic rings. The molecule has 1 N–H and O–H groups in total. The predicted molar refractivity (Wildman–Crippen MR) is 160 cm³/mol. The first-order valence-corrected chi connectivity index (χ1v) is 13.0. The third-order valence-electron chi connectivity index (χ3n) is 7.31. The van der Waals surface area contributed by atoms with Gasteiger partial charge in [0.2, 0.25) is 0 Å². The van der Waals surface area contributed by atoms with E-state index in [9.17, 15) is 0 Å². The Morgan fingerprint density at radius 2 is 1.49 bits per heavy atom. The Morgan fingerprint density at radius 1 is 0.757 bits per heavy atom. The van der Waals surface area contributed by atoms with Crippen molar-refractivity contribution in [2.45, 2.75) is 0 Å². The Balaban J connectivity index is 1.17. The van der Waals surface area contributed by atoms with Crippen LogP contribution in [0.15, 0.2) is 96.1 Å². The van der Waals surface area contributed by atoms with Gasteiger partial charge in [-0.15, -0.1) is 0 Å². The lowest BCUT2D eigenvalue weighted by Crippen LogP contribution is -2.44. The average Bonchev–Trinajstić information content (AvgIpc) is 2.95. The Hall–Kier alpha value is -4.15. The minimum atomic E-state index is 0.678. The molecule has 4 heteroatoms. The molecule has 0 aromatic heterocycles. The van der Waals surface area contributed by atoms with Crippen LogP contribution in [0.2, 0.25) is 0 Å². The van der Waals surface area contributed by atoms with Gasteiger partial charge in [-0.1, -0.05) is 60.7 Å². The summed E-state index contributed by atoms with van der Waals surface area (Å²) in [5, 5.41) is 6.04. The molecule has 4 nitrogen and oxygen atoms in total. The molecule has 4 aromatic rings. The average molecular weight is 485 g/mol. The Bertz CT molecular complexity index is 1490. The Morgan fingerprint density at radius 3 is 2.30 bits per heavy atom. The van der Waals surface area contributed by atoms with E-state index in [1.54, 1.807) is 0 Å². The van der Waals surface area contributed by atoms with E-state index in [0.29, 0.717) is 6.54 Å². The number of nitrogens with zero attached hydrogens (tertiary/aromatic N) is 3. The molecule has 2 heterocycles. The second kappa shape index (κ2) is 10.5. The zero-order chi connectivity index (χ0) is 25.0. The highest BCUT2D eigenvalue weighted by atomic mass is 15.2. The molecular weight excluding hydrogens is 452 g/mol. The molecular formula is C33H32N4.